The molecule has 0 aliphatic heterocycles. The zero-order valence-corrected chi connectivity index (χ0v) is 12.3. The van der Waals surface area contributed by atoms with Crippen molar-refractivity contribution in [3.63, 3.8) is 0 Å². The number of carbonyl (C=O) groups excluding carboxylic acids is 1. The summed E-state index contributed by atoms with van der Waals surface area (Å²) in [6.45, 7) is 7.90. The van der Waals surface area contributed by atoms with Gasteiger partial charge < -0.3 is 5.32 Å². The van der Waals surface area contributed by atoms with Crippen LogP contribution in [0.1, 0.15) is 43.7 Å². The summed E-state index contributed by atoms with van der Waals surface area (Å²) in [6.07, 6.45) is 2.70. The molecular weight excluding hydrogens is 234 g/mol. The van der Waals surface area contributed by atoms with Crippen molar-refractivity contribution in [2.24, 2.45) is 11.8 Å². The second-order valence-electron chi connectivity index (χ2n) is 6.12. The van der Waals surface area contributed by atoms with Crippen LogP contribution in [0.15, 0.2) is 24.3 Å². The smallest absolute Gasteiger partial charge is 0.144 e. The van der Waals surface area contributed by atoms with E-state index in [1.54, 1.807) is 0 Å². The van der Waals surface area contributed by atoms with Gasteiger partial charge >= 0.3 is 0 Å². The first-order chi connectivity index (χ1) is 9.08. The molecule has 0 unspecified atom stereocenters. The quantitative estimate of drug-likeness (QED) is 0.814. The van der Waals surface area contributed by atoms with Crippen molar-refractivity contribution >= 4 is 5.78 Å². The molecule has 0 saturated heterocycles. The highest BCUT2D eigenvalue weighted by Gasteiger charge is 2.25. The van der Waals surface area contributed by atoms with E-state index in [1.165, 1.54) is 18.4 Å². The van der Waals surface area contributed by atoms with Gasteiger partial charge in [0.05, 0.1) is 5.92 Å². The first-order valence-electron chi connectivity index (χ1n) is 7.39. The Bertz CT molecular complexity index is 417. The molecule has 0 spiro atoms. The van der Waals surface area contributed by atoms with Crippen LogP contribution in [0.3, 0.4) is 0 Å². The van der Waals surface area contributed by atoms with Crippen molar-refractivity contribution in [3.8, 4) is 0 Å². The first-order valence-corrected chi connectivity index (χ1v) is 7.39. The maximum absolute atomic E-state index is 12.4. The Kier molecular flexibility index (Phi) is 4.76. The molecule has 1 fully saturated rings. The molecule has 1 aliphatic rings. The van der Waals surface area contributed by atoms with Gasteiger partial charge in [0, 0.05) is 12.5 Å². The van der Waals surface area contributed by atoms with Gasteiger partial charge in [-0.15, -0.1) is 0 Å². The number of carbonyl (C=O) groups is 1. The molecule has 1 saturated carbocycles. The molecule has 1 N–H and O–H groups in total. The van der Waals surface area contributed by atoms with E-state index in [0.29, 0.717) is 5.78 Å². The van der Waals surface area contributed by atoms with Gasteiger partial charge in [-0.2, -0.15) is 0 Å². The monoisotopic (exact) mass is 259 g/mol. The molecule has 1 aliphatic carbocycles. The molecule has 0 radical (unpaired) electrons. The van der Waals surface area contributed by atoms with E-state index in [0.717, 1.165) is 24.6 Å². The fourth-order valence-corrected chi connectivity index (χ4v) is 2.34. The molecule has 1 aromatic carbocycles. The molecule has 0 aromatic heterocycles. The standard InChI is InChI=1S/C17H25NO/c1-12(2)17(19)16(11-18-10-14-6-7-14)15-8-4-13(3)5-9-15/h4-5,8-9,12,14,16,18H,6-7,10-11H2,1-3H3/t16-/m1/s1. The molecule has 2 nitrogen and oxygen atoms in total. The van der Waals surface area contributed by atoms with Crippen molar-refractivity contribution in [2.75, 3.05) is 13.1 Å². The highest BCUT2D eigenvalue weighted by atomic mass is 16.1. The van der Waals surface area contributed by atoms with Crippen LogP contribution < -0.4 is 5.32 Å². The number of aryl methyl sites for hydroxylation is 1. The van der Waals surface area contributed by atoms with Crippen LogP contribution in [0.25, 0.3) is 0 Å². The lowest BCUT2D eigenvalue weighted by Crippen LogP contribution is -2.30. The van der Waals surface area contributed by atoms with Gasteiger partial charge in [0.15, 0.2) is 0 Å². The fraction of sp³-hybridized carbons (Fsp3) is 0.588. The third kappa shape index (κ3) is 4.17. The highest BCUT2D eigenvalue weighted by Crippen LogP contribution is 2.28. The van der Waals surface area contributed by atoms with Gasteiger partial charge in [-0.1, -0.05) is 43.7 Å². The Balaban J connectivity index is 2.03. The Morgan fingerprint density at radius 1 is 1.26 bits per heavy atom. The number of hydrogen-bond acceptors (Lipinski definition) is 2. The summed E-state index contributed by atoms with van der Waals surface area (Å²) in [4.78, 5) is 12.4. The maximum Gasteiger partial charge on any atom is 0.144 e. The summed E-state index contributed by atoms with van der Waals surface area (Å²) in [5, 5.41) is 3.48. The number of hydrogen-bond donors (Lipinski definition) is 1. The average Bonchev–Trinajstić information content (AvgIpc) is 3.19. The molecular formula is C17H25NO. The van der Waals surface area contributed by atoms with Crippen LogP contribution >= 0.6 is 0 Å². The zero-order valence-electron chi connectivity index (χ0n) is 12.3. The normalized spacial score (nSPS) is 16.6. The van der Waals surface area contributed by atoms with Gasteiger partial charge in [0.2, 0.25) is 0 Å². The largest absolute Gasteiger partial charge is 0.315 e. The summed E-state index contributed by atoms with van der Waals surface area (Å²) in [7, 11) is 0. The van der Waals surface area contributed by atoms with Crippen molar-refractivity contribution in [3.05, 3.63) is 35.4 Å². The lowest BCUT2D eigenvalue weighted by atomic mass is 9.88. The topological polar surface area (TPSA) is 29.1 Å². The summed E-state index contributed by atoms with van der Waals surface area (Å²) in [6, 6.07) is 8.38. The van der Waals surface area contributed by atoms with E-state index >= 15 is 0 Å². The molecule has 104 valence electrons. The fourth-order valence-electron chi connectivity index (χ4n) is 2.34. The minimum atomic E-state index is -0.000602. The van der Waals surface area contributed by atoms with Gasteiger partial charge in [-0.3, -0.25) is 4.79 Å². The predicted molar refractivity (Wildman–Crippen MR) is 79.4 cm³/mol. The number of rotatable bonds is 7. The van der Waals surface area contributed by atoms with E-state index in [2.05, 4.69) is 36.5 Å². The minimum absolute atomic E-state index is 0.000602. The molecule has 19 heavy (non-hydrogen) atoms. The Labute approximate surface area is 116 Å². The minimum Gasteiger partial charge on any atom is -0.315 e. The van der Waals surface area contributed by atoms with Crippen LogP contribution in [0.2, 0.25) is 0 Å². The van der Waals surface area contributed by atoms with E-state index in [4.69, 9.17) is 0 Å². The van der Waals surface area contributed by atoms with Crippen LogP contribution in [-0.2, 0) is 4.79 Å². The number of ketones is 1. The van der Waals surface area contributed by atoms with E-state index in [1.807, 2.05) is 13.8 Å². The summed E-state index contributed by atoms with van der Waals surface area (Å²) < 4.78 is 0. The van der Waals surface area contributed by atoms with E-state index < -0.39 is 0 Å². The number of Topliss-reactive ketones (excluding diaryl/α,β-unsaturated/α-hetero) is 1. The number of nitrogens with one attached hydrogen (secondary N) is 1. The lowest BCUT2D eigenvalue weighted by Gasteiger charge is -2.19. The molecule has 0 bridgehead atoms. The summed E-state index contributed by atoms with van der Waals surface area (Å²) in [5.41, 5.74) is 2.39. The molecule has 2 heteroatoms. The van der Waals surface area contributed by atoms with Crippen LogP contribution in [0.5, 0.6) is 0 Å². The number of benzene rings is 1. The van der Waals surface area contributed by atoms with Crippen molar-refractivity contribution in [1.29, 1.82) is 0 Å². The van der Waals surface area contributed by atoms with Crippen LogP contribution in [0, 0.1) is 18.8 Å². The van der Waals surface area contributed by atoms with Gasteiger partial charge in [0.25, 0.3) is 0 Å². The third-order valence-corrected chi connectivity index (χ3v) is 3.87. The summed E-state index contributed by atoms with van der Waals surface area (Å²) in [5.74, 6) is 1.29. The van der Waals surface area contributed by atoms with Crippen LogP contribution in [-0.4, -0.2) is 18.9 Å². The molecule has 0 heterocycles. The SMILES string of the molecule is Cc1ccc([C@@H](CNCC2CC2)C(=O)C(C)C)cc1. The van der Waals surface area contributed by atoms with Crippen LogP contribution in [0.4, 0.5) is 0 Å². The van der Waals surface area contributed by atoms with Crippen molar-refractivity contribution in [1.82, 2.24) is 5.32 Å². The molecule has 1 aromatic rings. The predicted octanol–water partition coefficient (Wildman–Crippen LogP) is 3.30. The second-order valence-corrected chi connectivity index (χ2v) is 6.12. The second kappa shape index (κ2) is 6.33. The molecule has 2 rings (SSSR count). The first kappa shape index (κ1) is 14.3. The highest BCUT2D eigenvalue weighted by molar-refractivity contribution is 5.87. The summed E-state index contributed by atoms with van der Waals surface area (Å²) >= 11 is 0. The zero-order chi connectivity index (χ0) is 13.8. The van der Waals surface area contributed by atoms with Gasteiger partial charge in [-0.05, 0) is 37.8 Å². The van der Waals surface area contributed by atoms with Gasteiger partial charge in [0.1, 0.15) is 5.78 Å². The third-order valence-electron chi connectivity index (χ3n) is 3.87. The average molecular weight is 259 g/mol. The molecule has 1 atom stereocenters. The van der Waals surface area contributed by atoms with Gasteiger partial charge in [-0.25, -0.2) is 0 Å². The van der Waals surface area contributed by atoms with E-state index in [-0.39, 0.29) is 11.8 Å². The Morgan fingerprint density at radius 3 is 2.42 bits per heavy atom. The Morgan fingerprint density at radius 2 is 1.89 bits per heavy atom. The van der Waals surface area contributed by atoms with E-state index in [9.17, 15) is 4.79 Å². The molecule has 0 amide bonds. The van der Waals surface area contributed by atoms with Crippen molar-refractivity contribution in [2.45, 2.75) is 39.5 Å². The maximum atomic E-state index is 12.4. The lowest BCUT2D eigenvalue weighted by molar-refractivity contribution is -0.123. The van der Waals surface area contributed by atoms with Crippen molar-refractivity contribution < 1.29 is 4.79 Å². The Hall–Kier alpha value is -1.15.